The number of anilines is 1. The molecule has 2 aliphatic heterocycles. The van der Waals surface area contributed by atoms with Crippen LogP contribution in [0.25, 0.3) is 5.70 Å². The van der Waals surface area contributed by atoms with Crippen molar-refractivity contribution in [2.24, 2.45) is 0 Å². The molecule has 0 bridgehead atoms. The number of aryl methyl sites for hydroxylation is 2. The molecule has 0 saturated carbocycles. The molecule has 5 nitrogen and oxygen atoms in total. The summed E-state index contributed by atoms with van der Waals surface area (Å²) in [6, 6.07) is 22.7. The highest BCUT2D eigenvalue weighted by atomic mass is 35.5. The zero-order chi connectivity index (χ0) is 23.4. The number of nitrogens with zero attached hydrogens (tertiary/aromatic N) is 3. The summed E-state index contributed by atoms with van der Waals surface area (Å²) in [5, 5.41) is 9.80. The molecule has 34 heavy (non-hydrogen) atoms. The number of halogens is 1. The lowest BCUT2D eigenvalue weighted by Gasteiger charge is -2.39. The Hall–Kier alpha value is -3.22. The van der Waals surface area contributed by atoms with Crippen LogP contribution in [0.3, 0.4) is 0 Å². The molecular formula is C27H23ClN4OS. The quantitative estimate of drug-likeness (QED) is 0.321. The van der Waals surface area contributed by atoms with Gasteiger partial charge in [0.1, 0.15) is 17.9 Å². The van der Waals surface area contributed by atoms with Crippen molar-refractivity contribution in [3.8, 4) is 5.75 Å². The van der Waals surface area contributed by atoms with Crippen molar-refractivity contribution < 1.29 is 4.74 Å². The number of fused-ring (bicyclic) bond motifs is 3. The molecule has 7 heteroatoms. The minimum Gasteiger partial charge on any atom is -0.480 e. The van der Waals surface area contributed by atoms with Crippen molar-refractivity contribution in [1.29, 1.82) is 0 Å². The highest BCUT2D eigenvalue weighted by molar-refractivity contribution is 7.98. The van der Waals surface area contributed by atoms with Crippen molar-refractivity contribution in [1.82, 2.24) is 14.8 Å². The van der Waals surface area contributed by atoms with E-state index in [1.165, 1.54) is 22.9 Å². The summed E-state index contributed by atoms with van der Waals surface area (Å²) in [4.78, 5) is 4.75. The van der Waals surface area contributed by atoms with Gasteiger partial charge in [-0.15, -0.1) is 5.10 Å². The zero-order valence-electron chi connectivity index (χ0n) is 19.0. The second-order valence-electron chi connectivity index (χ2n) is 8.68. The van der Waals surface area contributed by atoms with Gasteiger partial charge in [0.05, 0.1) is 5.70 Å². The summed E-state index contributed by atoms with van der Waals surface area (Å²) < 4.78 is 8.66. The predicted octanol–water partition coefficient (Wildman–Crippen LogP) is 6.83. The number of nitrogens with one attached hydrogen (secondary N) is 1. The van der Waals surface area contributed by atoms with Crippen molar-refractivity contribution >= 4 is 35.0 Å². The maximum Gasteiger partial charge on any atom is 0.227 e. The van der Waals surface area contributed by atoms with E-state index in [9.17, 15) is 0 Å². The van der Waals surface area contributed by atoms with Crippen LogP contribution < -0.4 is 10.1 Å². The Balaban J connectivity index is 1.63. The van der Waals surface area contributed by atoms with Gasteiger partial charge in [-0.2, -0.15) is 4.98 Å². The molecule has 2 unspecified atom stereocenters. The topological polar surface area (TPSA) is 52.0 Å². The van der Waals surface area contributed by atoms with Gasteiger partial charge in [0.25, 0.3) is 0 Å². The van der Waals surface area contributed by atoms with Crippen LogP contribution >= 0.6 is 23.4 Å². The van der Waals surface area contributed by atoms with Gasteiger partial charge in [0.2, 0.25) is 11.1 Å². The smallest absolute Gasteiger partial charge is 0.227 e. The van der Waals surface area contributed by atoms with Crippen LogP contribution in [0.5, 0.6) is 5.75 Å². The molecule has 3 aromatic carbocycles. The lowest BCUT2D eigenvalue weighted by atomic mass is 9.84. The van der Waals surface area contributed by atoms with Crippen LogP contribution in [0.15, 0.2) is 77.5 Å². The molecule has 0 fully saturated rings. The molecule has 0 spiro atoms. The zero-order valence-corrected chi connectivity index (χ0v) is 20.6. The number of ether oxygens (including phenoxy) is 1. The van der Waals surface area contributed by atoms with Crippen molar-refractivity contribution in [3.63, 3.8) is 0 Å². The first kappa shape index (κ1) is 21.3. The number of rotatable bonds is 3. The lowest BCUT2D eigenvalue weighted by Crippen LogP contribution is -2.32. The maximum absolute atomic E-state index is 6.68. The van der Waals surface area contributed by atoms with Crippen LogP contribution in [0.2, 0.25) is 5.02 Å². The normalized spacial score (nSPS) is 18.5. The largest absolute Gasteiger partial charge is 0.480 e. The average molecular weight is 487 g/mol. The van der Waals surface area contributed by atoms with Crippen LogP contribution in [-0.2, 0) is 0 Å². The number of thioether (sulfide) groups is 1. The van der Waals surface area contributed by atoms with Gasteiger partial charge < -0.3 is 10.1 Å². The molecular weight excluding hydrogens is 464 g/mol. The highest BCUT2D eigenvalue weighted by Gasteiger charge is 2.41. The fraction of sp³-hybridized carbons (Fsp3) is 0.185. The predicted molar refractivity (Wildman–Crippen MR) is 138 cm³/mol. The molecule has 2 atom stereocenters. The molecule has 2 aliphatic rings. The minimum absolute atomic E-state index is 0.182. The number of benzene rings is 3. The first-order valence-electron chi connectivity index (χ1n) is 11.1. The van der Waals surface area contributed by atoms with E-state index in [1.807, 2.05) is 29.1 Å². The SMILES string of the molecule is CSc1nc2n(n1)C(c1ccc(C)cc1)C1=C(N2)c2cc(Cl)ccc2OC1c1ccc(C)cc1. The molecule has 0 aliphatic carbocycles. The third kappa shape index (κ3) is 3.49. The lowest BCUT2D eigenvalue weighted by molar-refractivity contribution is 0.223. The van der Waals surface area contributed by atoms with Crippen molar-refractivity contribution in [2.75, 3.05) is 11.6 Å². The van der Waals surface area contributed by atoms with Gasteiger partial charge in [-0.05, 0) is 49.4 Å². The van der Waals surface area contributed by atoms with Gasteiger partial charge in [-0.25, -0.2) is 4.68 Å². The average Bonchev–Trinajstić information content (AvgIpc) is 3.27. The third-order valence-electron chi connectivity index (χ3n) is 6.37. The summed E-state index contributed by atoms with van der Waals surface area (Å²) in [7, 11) is 0. The first-order chi connectivity index (χ1) is 16.5. The minimum atomic E-state index is -0.293. The van der Waals surface area contributed by atoms with Crippen molar-refractivity contribution in [3.05, 3.63) is 105 Å². The van der Waals surface area contributed by atoms with E-state index in [0.29, 0.717) is 11.0 Å². The van der Waals surface area contributed by atoms with E-state index in [2.05, 4.69) is 67.7 Å². The van der Waals surface area contributed by atoms with E-state index < -0.39 is 0 Å². The number of aromatic nitrogens is 3. The van der Waals surface area contributed by atoms with Crippen molar-refractivity contribution in [2.45, 2.75) is 31.1 Å². The van der Waals surface area contributed by atoms with E-state index in [-0.39, 0.29) is 12.1 Å². The summed E-state index contributed by atoms with van der Waals surface area (Å²) in [5.41, 5.74) is 7.64. The summed E-state index contributed by atoms with van der Waals surface area (Å²) in [5.74, 6) is 1.51. The molecule has 1 aromatic heterocycles. The molecule has 0 radical (unpaired) electrons. The van der Waals surface area contributed by atoms with Crippen LogP contribution in [0, 0.1) is 13.8 Å². The second kappa shape index (κ2) is 8.22. The summed E-state index contributed by atoms with van der Waals surface area (Å²) >= 11 is 7.96. The molecule has 170 valence electrons. The molecule has 4 aromatic rings. The molecule has 0 amide bonds. The first-order valence-corrected chi connectivity index (χ1v) is 12.7. The Morgan fingerprint density at radius 3 is 2.29 bits per heavy atom. The van der Waals surface area contributed by atoms with E-state index in [4.69, 9.17) is 26.4 Å². The van der Waals surface area contributed by atoms with Crippen LogP contribution in [-0.4, -0.2) is 21.0 Å². The highest BCUT2D eigenvalue weighted by Crippen LogP contribution is 2.51. The standard InChI is InChI=1S/C27H23ClN4OS/c1-15-4-8-17(9-5-15)24-22-23(29-26-30-27(34-3)31-32(24)26)20-14-19(28)12-13-21(20)33-25(22)18-10-6-16(2)7-11-18/h4-14,24-25H,1-3H3,(H,29,30,31). The van der Waals surface area contributed by atoms with Crippen LogP contribution in [0.1, 0.15) is 40.0 Å². The summed E-state index contributed by atoms with van der Waals surface area (Å²) in [6.07, 6.45) is 1.70. The monoisotopic (exact) mass is 486 g/mol. The van der Waals surface area contributed by atoms with Gasteiger partial charge >= 0.3 is 0 Å². The van der Waals surface area contributed by atoms with Gasteiger partial charge in [-0.3, -0.25) is 0 Å². The molecule has 0 saturated heterocycles. The van der Waals surface area contributed by atoms with Gasteiger partial charge in [-0.1, -0.05) is 83.0 Å². The molecule has 3 heterocycles. The Bertz CT molecular complexity index is 1430. The third-order valence-corrected chi connectivity index (χ3v) is 7.14. The van der Waals surface area contributed by atoms with Gasteiger partial charge in [0, 0.05) is 16.2 Å². The Kier molecular flexibility index (Phi) is 5.15. The van der Waals surface area contributed by atoms with E-state index in [0.717, 1.165) is 38.9 Å². The Morgan fingerprint density at radius 2 is 1.62 bits per heavy atom. The fourth-order valence-corrected chi connectivity index (χ4v) is 5.17. The second-order valence-corrected chi connectivity index (χ2v) is 9.89. The number of hydrogen-bond donors (Lipinski definition) is 1. The fourth-order valence-electron chi connectivity index (χ4n) is 4.65. The van der Waals surface area contributed by atoms with Crippen LogP contribution in [0.4, 0.5) is 5.95 Å². The summed E-state index contributed by atoms with van der Waals surface area (Å²) in [6.45, 7) is 4.19. The Labute approximate surface area is 207 Å². The van der Waals surface area contributed by atoms with E-state index >= 15 is 0 Å². The Morgan fingerprint density at radius 1 is 0.941 bits per heavy atom. The van der Waals surface area contributed by atoms with E-state index in [1.54, 1.807) is 0 Å². The number of hydrogen-bond acceptors (Lipinski definition) is 5. The van der Waals surface area contributed by atoms with Gasteiger partial charge in [0.15, 0.2) is 0 Å². The maximum atomic E-state index is 6.68. The molecule has 6 rings (SSSR count). The molecule has 1 N–H and O–H groups in total.